The van der Waals surface area contributed by atoms with Crippen molar-refractivity contribution in [3.05, 3.63) is 35.9 Å². The number of rotatable bonds is 4. The van der Waals surface area contributed by atoms with Crippen molar-refractivity contribution >= 4 is 40.2 Å². The van der Waals surface area contributed by atoms with E-state index in [1.165, 1.54) is 0 Å². The Labute approximate surface area is 108 Å². The van der Waals surface area contributed by atoms with E-state index >= 15 is 0 Å². The van der Waals surface area contributed by atoms with Gasteiger partial charge in [0.15, 0.2) is 0 Å². The van der Waals surface area contributed by atoms with Crippen LogP contribution in [0.5, 0.6) is 0 Å². The smallest absolute Gasteiger partial charge is 0.304 e. The second kappa shape index (κ2) is 7.03. The fourth-order valence-corrected chi connectivity index (χ4v) is 1.99. The van der Waals surface area contributed by atoms with Gasteiger partial charge in [-0.15, -0.1) is 0 Å². The minimum absolute atomic E-state index is 0.0199. The van der Waals surface area contributed by atoms with E-state index in [1.54, 1.807) is 24.3 Å². The summed E-state index contributed by atoms with van der Waals surface area (Å²) in [5, 5.41) is 11.0. The van der Waals surface area contributed by atoms with Gasteiger partial charge in [0.1, 0.15) is 4.32 Å². The van der Waals surface area contributed by atoms with Crippen LogP contribution in [0.15, 0.2) is 30.3 Å². The minimum Gasteiger partial charge on any atom is -0.481 e. The normalized spacial score (nSPS) is 9.65. The third kappa shape index (κ3) is 5.46. The number of benzene rings is 1. The van der Waals surface area contributed by atoms with Crippen molar-refractivity contribution in [1.29, 1.82) is 0 Å². The Bertz CT molecular complexity index is 420. The number of carboxylic acids is 1. The van der Waals surface area contributed by atoms with Gasteiger partial charge in [0.2, 0.25) is 0 Å². The predicted octanol–water partition coefficient (Wildman–Crippen LogP) is 1.91. The Balaban J connectivity index is 2.36. The van der Waals surface area contributed by atoms with Crippen LogP contribution in [0.4, 0.5) is 0 Å². The van der Waals surface area contributed by atoms with Crippen molar-refractivity contribution in [3.63, 3.8) is 0 Å². The zero-order valence-corrected chi connectivity index (χ0v) is 10.5. The lowest BCUT2D eigenvalue weighted by Crippen LogP contribution is -2.27. The molecule has 1 amide bonds. The highest BCUT2D eigenvalue weighted by Crippen LogP contribution is 2.06. The molecular weight excluding hydrogens is 258 g/mol. The molecule has 0 spiro atoms. The molecule has 1 aromatic rings. The number of hydrogen-bond donors (Lipinski definition) is 2. The molecule has 0 aliphatic rings. The van der Waals surface area contributed by atoms with Gasteiger partial charge >= 0.3 is 5.97 Å². The van der Waals surface area contributed by atoms with Gasteiger partial charge in [-0.1, -0.05) is 42.2 Å². The predicted molar refractivity (Wildman–Crippen MR) is 71.2 cm³/mol. The first-order chi connectivity index (χ1) is 8.09. The van der Waals surface area contributed by atoms with E-state index in [2.05, 4.69) is 5.32 Å². The molecule has 0 aromatic heterocycles. The molecule has 0 radical (unpaired) electrons. The molecule has 90 valence electrons. The quantitative estimate of drug-likeness (QED) is 0.817. The van der Waals surface area contributed by atoms with E-state index in [0.29, 0.717) is 15.6 Å². The van der Waals surface area contributed by atoms with E-state index in [4.69, 9.17) is 17.3 Å². The van der Waals surface area contributed by atoms with Crippen molar-refractivity contribution in [1.82, 2.24) is 5.32 Å². The Morgan fingerprint density at radius 3 is 2.53 bits per heavy atom. The molecule has 17 heavy (non-hydrogen) atoms. The zero-order valence-electron chi connectivity index (χ0n) is 8.88. The third-order valence-corrected chi connectivity index (χ3v) is 3.03. The van der Waals surface area contributed by atoms with Crippen molar-refractivity contribution < 1.29 is 14.7 Å². The van der Waals surface area contributed by atoms with Gasteiger partial charge in [0, 0.05) is 11.3 Å². The standard InChI is InChI=1S/C11H11NO3S2/c13-9(14)6-7-17-11(16)12-10(15)8-4-2-1-3-5-8/h1-5H,6-7H2,(H,13,14)(H,12,15,16). The summed E-state index contributed by atoms with van der Waals surface area (Å²) < 4.78 is 0.292. The van der Waals surface area contributed by atoms with Crippen LogP contribution >= 0.6 is 24.0 Å². The molecule has 2 N–H and O–H groups in total. The number of thiocarbonyl (C=S) groups is 1. The molecule has 0 fully saturated rings. The second-order valence-electron chi connectivity index (χ2n) is 3.10. The van der Waals surface area contributed by atoms with Crippen molar-refractivity contribution in [2.24, 2.45) is 0 Å². The molecule has 0 aliphatic carbocycles. The molecule has 0 saturated heterocycles. The monoisotopic (exact) mass is 269 g/mol. The molecule has 1 rings (SSSR count). The highest BCUT2D eigenvalue weighted by molar-refractivity contribution is 8.23. The van der Waals surface area contributed by atoms with E-state index in [9.17, 15) is 9.59 Å². The zero-order chi connectivity index (χ0) is 12.7. The van der Waals surface area contributed by atoms with Gasteiger partial charge < -0.3 is 10.4 Å². The maximum absolute atomic E-state index is 11.6. The largest absolute Gasteiger partial charge is 0.481 e. The molecule has 0 unspecified atom stereocenters. The lowest BCUT2D eigenvalue weighted by molar-refractivity contribution is -0.136. The first-order valence-electron chi connectivity index (χ1n) is 4.84. The first-order valence-corrected chi connectivity index (χ1v) is 6.24. The van der Waals surface area contributed by atoms with Crippen LogP contribution in [0.25, 0.3) is 0 Å². The Morgan fingerprint density at radius 1 is 1.29 bits per heavy atom. The fourth-order valence-electron chi connectivity index (χ4n) is 1.02. The Kier molecular flexibility index (Phi) is 5.65. The number of carboxylic acid groups (broad SMARTS) is 1. The summed E-state index contributed by atoms with van der Waals surface area (Å²) in [6, 6.07) is 8.70. The molecule has 0 saturated carbocycles. The van der Waals surface area contributed by atoms with Crippen LogP contribution in [0.1, 0.15) is 16.8 Å². The topological polar surface area (TPSA) is 66.4 Å². The van der Waals surface area contributed by atoms with Gasteiger partial charge in [0.05, 0.1) is 6.42 Å². The molecule has 0 bridgehead atoms. The van der Waals surface area contributed by atoms with E-state index < -0.39 is 5.97 Å². The number of amides is 1. The number of nitrogens with one attached hydrogen (secondary N) is 1. The average molecular weight is 269 g/mol. The molecule has 0 atom stereocenters. The summed E-state index contributed by atoms with van der Waals surface area (Å²) in [7, 11) is 0. The number of thioether (sulfide) groups is 1. The fraction of sp³-hybridized carbons (Fsp3) is 0.182. The van der Waals surface area contributed by atoms with E-state index in [-0.39, 0.29) is 12.3 Å². The van der Waals surface area contributed by atoms with Crippen LogP contribution in [0.3, 0.4) is 0 Å². The summed E-state index contributed by atoms with van der Waals surface area (Å²) >= 11 is 6.07. The van der Waals surface area contributed by atoms with E-state index in [0.717, 1.165) is 11.8 Å². The molecule has 6 heteroatoms. The Morgan fingerprint density at radius 2 is 1.94 bits per heavy atom. The summed E-state index contributed by atoms with van der Waals surface area (Å²) in [6.07, 6.45) is 0.0199. The van der Waals surface area contributed by atoms with E-state index in [1.807, 2.05) is 6.07 Å². The Hall–Kier alpha value is -1.40. The summed E-state index contributed by atoms with van der Waals surface area (Å²) in [5.41, 5.74) is 0.522. The molecular formula is C11H11NO3S2. The van der Waals surface area contributed by atoms with Gasteiger partial charge in [-0.2, -0.15) is 0 Å². The van der Waals surface area contributed by atoms with Crippen LogP contribution < -0.4 is 5.32 Å². The molecule has 4 nitrogen and oxygen atoms in total. The summed E-state index contributed by atoms with van der Waals surface area (Å²) in [5.74, 6) is -0.809. The van der Waals surface area contributed by atoms with Crippen LogP contribution in [-0.4, -0.2) is 27.1 Å². The molecule has 0 aliphatic heterocycles. The van der Waals surface area contributed by atoms with Gasteiger partial charge in [0.25, 0.3) is 5.91 Å². The number of hydrogen-bond acceptors (Lipinski definition) is 4. The number of carbonyl (C=O) groups is 2. The highest BCUT2D eigenvalue weighted by Gasteiger charge is 2.07. The lowest BCUT2D eigenvalue weighted by Gasteiger charge is -2.05. The molecule has 0 heterocycles. The second-order valence-corrected chi connectivity index (χ2v) is 4.87. The average Bonchev–Trinajstić information content (AvgIpc) is 2.29. The van der Waals surface area contributed by atoms with Crippen LogP contribution in [0.2, 0.25) is 0 Å². The number of carbonyl (C=O) groups excluding carboxylic acids is 1. The minimum atomic E-state index is -0.880. The number of aliphatic carboxylic acids is 1. The van der Waals surface area contributed by atoms with Crippen LogP contribution in [-0.2, 0) is 4.79 Å². The van der Waals surface area contributed by atoms with Gasteiger partial charge in [-0.25, -0.2) is 0 Å². The summed E-state index contributed by atoms with van der Waals surface area (Å²) in [4.78, 5) is 21.9. The van der Waals surface area contributed by atoms with Gasteiger partial charge in [-0.3, -0.25) is 9.59 Å². The SMILES string of the molecule is O=C(O)CCSC(=S)NC(=O)c1ccccc1. The van der Waals surface area contributed by atoms with Crippen molar-refractivity contribution in [3.8, 4) is 0 Å². The molecule has 1 aromatic carbocycles. The first kappa shape index (κ1) is 13.7. The van der Waals surface area contributed by atoms with Crippen molar-refractivity contribution in [2.45, 2.75) is 6.42 Å². The highest BCUT2D eigenvalue weighted by atomic mass is 32.2. The van der Waals surface area contributed by atoms with Gasteiger partial charge in [-0.05, 0) is 12.1 Å². The summed E-state index contributed by atoms with van der Waals surface area (Å²) in [6.45, 7) is 0. The van der Waals surface area contributed by atoms with Crippen molar-refractivity contribution in [2.75, 3.05) is 5.75 Å². The lowest BCUT2D eigenvalue weighted by atomic mass is 10.2. The maximum atomic E-state index is 11.6. The van der Waals surface area contributed by atoms with Crippen LogP contribution in [0, 0.1) is 0 Å². The maximum Gasteiger partial charge on any atom is 0.304 e. The third-order valence-electron chi connectivity index (χ3n) is 1.80.